The number of methoxy groups -OCH3 is 1. The Labute approximate surface area is 179 Å². The fraction of sp³-hybridized carbons (Fsp3) is 0.429. The Morgan fingerprint density at radius 2 is 2.00 bits per heavy atom. The third kappa shape index (κ3) is 4.35. The molecule has 160 valence electrons. The first-order valence-electron chi connectivity index (χ1n) is 9.54. The highest BCUT2D eigenvalue weighted by Gasteiger charge is 2.42. The van der Waals surface area contributed by atoms with Gasteiger partial charge in [-0.3, -0.25) is 14.5 Å². The summed E-state index contributed by atoms with van der Waals surface area (Å²) in [6.45, 7) is 6.56. The summed E-state index contributed by atoms with van der Waals surface area (Å²) in [7, 11) is 1.46. The zero-order chi connectivity index (χ0) is 22.0. The SMILES string of the molecule is COc1cc([C@H]2C(C(=O)OC(C)C)=C(C)N=C3SCCC(=O)N32)ccc1OC(C)=O. The zero-order valence-electron chi connectivity index (χ0n) is 17.6. The number of aliphatic imine (C=N–C) groups is 1. The van der Waals surface area contributed by atoms with Gasteiger partial charge in [0.15, 0.2) is 16.7 Å². The van der Waals surface area contributed by atoms with Crippen molar-refractivity contribution in [2.75, 3.05) is 12.9 Å². The van der Waals surface area contributed by atoms with Crippen LogP contribution in [0, 0.1) is 0 Å². The number of esters is 2. The van der Waals surface area contributed by atoms with Gasteiger partial charge in [-0.25, -0.2) is 9.79 Å². The summed E-state index contributed by atoms with van der Waals surface area (Å²) in [6.07, 6.45) is 0.0187. The predicted octanol–water partition coefficient (Wildman–Crippen LogP) is 3.22. The Hall–Kier alpha value is -2.81. The van der Waals surface area contributed by atoms with Gasteiger partial charge in [-0.15, -0.1) is 0 Å². The number of ether oxygens (including phenoxy) is 3. The minimum atomic E-state index is -0.718. The second-order valence-electron chi connectivity index (χ2n) is 7.12. The molecule has 1 fully saturated rings. The monoisotopic (exact) mass is 432 g/mol. The summed E-state index contributed by atoms with van der Waals surface area (Å²) in [5, 5.41) is 0.554. The molecule has 9 heteroatoms. The molecule has 0 N–H and O–H groups in total. The maximum Gasteiger partial charge on any atom is 0.338 e. The van der Waals surface area contributed by atoms with Gasteiger partial charge in [0.2, 0.25) is 5.91 Å². The van der Waals surface area contributed by atoms with Crippen molar-refractivity contribution in [3.05, 3.63) is 35.0 Å². The number of amides is 1. The molecule has 0 unspecified atom stereocenters. The molecule has 2 heterocycles. The van der Waals surface area contributed by atoms with Gasteiger partial charge < -0.3 is 14.2 Å². The number of rotatable bonds is 5. The number of carbonyl (C=O) groups is 3. The van der Waals surface area contributed by atoms with Gasteiger partial charge in [-0.05, 0) is 38.5 Å². The largest absolute Gasteiger partial charge is 0.493 e. The smallest absolute Gasteiger partial charge is 0.338 e. The van der Waals surface area contributed by atoms with E-state index in [1.165, 1.54) is 25.8 Å². The number of hydrogen-bond donors (Lipinski definition) is 0. The van der Waals surface area contributed by atoms with Crippen molar-refractivity contribution < 1.29 is 28.6 Å². The summed E-state index contributed by atoms with van der Waals surface area (Å²) in [5.41, 5.74) is 1.42. The van der Waals surface area contributed by atoms with E-state index >= 15 is 0 Å². The molecular weight excluding hydrogens is 408 g/mol. The maximum absolute atomic E-state index is 13.0. The number of hydrogen-bond acceptors (Lipinski definition) is 8. The quantitative estimate of drug-likeness (QED) is 0.521. The van der Waals surface area contributed by atoms with Crippen molar-refractivity contribution >= 4 is 34.8 Å². The summed E-state index contributed by atoms with van der Waals surface area (Å²) in [5.74, 6) is 0.0782. The van der Waals surface area contributed by atoms with E-state index in [1.807, 2.05) is 0 Å². The van der Waals surface area contributed by atoms with Crippen LogP contribution in [0.15, 0.2) is 34.5 Å². The van der Waals surface area contributed by atoms with Crippen LogP contribution in [0.1, 0.15) is 45.7 Å². The van der Waals surface area contributed by atoms with E-state index < -0.39 is 18.0 Å². The highest BCUT2D eigenvalue weighted by molar-refractivity contribution is 8.14. The molecule has 1 amide bonds. The van der Waals surface area contributed by atoms with Crippen LogP contribution in [-0.2, 0) is 19.1 Å². The lowest BCUT2D eigenvalue weighted by atomic mass is 9.93. The number of fused-ring (bicyclic) bond motifs is 1. The van der Waals surface area contributed by atoms with Crippen LogP contribution in [0.25, 0.3) is 0 Å². The zero-order valence-corrected chi connectivity index (χ0v) is 18.4. The molecule has 1 aromatic rings. The lowest BCUT2D eigenvalue weighted by Gasteiger charge is -2.39. The molecule has 1 atom stereocenters. The van der Waals surface area contributed by atoms with Gasteiger partial charge >= 0.3 is 11.9 Å². The number of carbonyl (C=O) groups excluding carboxylic acids is 3. The Morgan fingerprint density at radius 1 is 1.27 bits per heavy atom. The Balaban J connectivity index is 2.14. The van der Waals surface area contributed by atoms with Gasteiger partial charge in [0.25, 0.3) is 0 Å². The van der Waals surface area contributed by atoms with Crippen LogP contribution >= 0.6 is 11.8 Å². The normalized spacial score (nSPS) is 18.7. The molecule has 2 aliphatic heterocycles. The lowest BCUT2D eigenvalue weighted by molar-refractivity contribution is -0.143. The minimum absolute atomic E-state index is 0.122. The van der Waals surface area contributed by atoms with Crippen LogP contribution in [0.5, 0.6) is 11.5 Å². The average Bonchev–Trinajstić information content (AvgIpc) is 2.66. The third-order valence-electron chi connectivity index (χ3n) is 4.53. The summed E-state index contributed by atoms with van der Waals surface area (Å²) < 4.78 is 16.0. The summed E-state index contributed by atoms with van der Waals surface area (Å²) in [6, 6.07) is 4.23. The number of benzene rings is 1. The fourth-order valence-corrected chi connectivity index (χ4v) is 4.35. The van der Waals surface area contributed by atoms with Gasteiger partial charge in [0, 0.05) is 19.1 Å². The minimum Gasteiger partial charge on any atom is -0.493 e. The maximum atomic E-state index is 13.0. The third-order valence-corrected chi connectivity index (χ3v) is 5.48. The molecule has 0 spiro atoms. The molecule has 0 saturated carbocycles. The van der Waals surface area contributed by atoms with Crippen molar-refractivity contribution in [1.29, 1.82) is 0 Å². The van der Waals surface area contributed by atoms with Crippen LogP contribution in [0.3, 0.4) is 0 Å². The van der Waals surface area contributed by atoms with Gasteiger partial charge in [-0.2, -0.15) is 0 Å². The van der Waals surface area contributed by atoms with Crippen molar-refractivity contribution in [3.8, 4) is 11.5 Å². The molecule has 1 aromatic carbocycles. The molecule has 8 nitrogen and oxygen atoms in total. The van der Waals surface area contributed by atoms with Crippen molar-refractivity contribution in [2.45, 2.75) is 46.3 Å². The van der Waals surface area contributed by atoms with E-state index in [-0.39, 0.29) is 17.8 Å². The molecule has 0 aromatic heterocycles. The van der Waals surface area contributed by atoms with E-state index in [2.05, 4.69) is 4.99 Å². The Bertz CT molecular complexity index is 953. The number of amidine groups is 1. The highest BCUT2D eigenvalue weighted by atomic mass is 32.2. The second kappa shape index (κ2) is 8.91. The molecule has 1 saturated heterocycles. The van der Waals surface area contributed by atoms with E-state index in [0.717, 1.165) is 0 Å². The summed E-state index contributed by atoms with van der Waals surface area (Å²) in [4.78, 5) is 43.2. The average molecular weight is 432 g/mol. The molecule has 30 heavy (non-hydrogen) atoms. The van der Waals surface area contributed by atoms with E-state index in [9.17, 15) is 14.4 Å². The number of thioether (sulfide) groups is 1. The first-order chi connectivity index (χ1) is 14.2. The first kappa shape index (κ1) is 21.9. The highest BCUT2D eigenvalue weighted by Crippen LogP contribution is 2.42. The van der Waals surface area contributed by atoms with Crippen LogP contribution in [0.4, 0.5) is 0 Å². The van der Waals surface area contributed by atoms with Gasteiger partial charge in [0.05, 0.1) is 30.5 Å². The molecule has 3 rings (SSSR count). The number of allylic oxidation sites excluding steroid dienone is 1. The van der Waals surface area contributed by atoms with E-state index in [4.69, 9.17) is 14.2 Å². The van der Waals surface area contributed by atoms with Gasteiger partial charge in [-0.1, -0.05) is 17.8 Å². The van der Waals surface area contributed by atoms with E-state index in [1.54, 1.807) is 43.9 Å². The number of nitrogens with zero attached hydrogens (tertiary/aromatic N) is 2. The standard InChI is InChI=1S/C21H24N2O6S/c1-11(2)28-20(26)18-12(3)22-21-23(17(25)8-9-30-21)19(18)14-6-7-15(29-13(4)24)16(10-14)27-5/h6-7,10-11,19H,8-9H2,1-5H3/t19-/m0/s1. The van der Waals surface area contributed by atoms with Crippen molar-refractivity contribution in [2.24, 2.45) is 4.99 Å². The molecular formula is C21H24N2O6S. The van der Waals surface area contributed by atoms with Crippen LogP contribution in [0.2, 0.25) is 0 Å². The molecule has 0 radical (unpaired) electrons. The fourth-order valence-electron chi connectivity index (χ4n) is 3.34. The molecule has 0 bridgehead atoms. The van der Waals surface area contributed by atoms with Crippen molar-refractivity contribution in [3.63, 3.8) is 0 Å². The topological polar surface area (TPSA) is 94.5 Å². The Kier molecular flexibility index (Phi) is 6.50. The van der Waals surface area contributed by atoms with E-state index in [0.29, 0.717) is 39.9 Å². The Morgan fingerprint density at radius 3 is 2.63 bits per heavy atom. The first-order valence-corrected chi connectivity index (χ1v) is 10.5. The molecule has 0 aliphatic carbocycles. The van der Waals surface area contributed by atoms with Gasteiger partial charge in [0.1, 0.15) is 0 Å². The van der Waals surface area contributed by atoms with Crippen LogP contribution in [-0.4, -0.2) is 46.9 Å². The summed E-state index contributed by atoms with van der Waals surface area (Å²) >= 11 is 1.47. The molecule has 2 aliphatic rings. The second-order valence-corrected chi connectivity index (χ2v) is 8.18. The van der Waals surface area contributed by atoms with Crippen molar-refractivity contribution in [1.82, 2.24) is 4.90 Å². The predicted molar refractivity (Wildman–Crippen MR) is 112 cm³/mol. The van der Waals surface area contributed by atoms with Crippen LogP contribution < -0.4 is 9.47 Å². The lowest BCUT2D eigenvalue weighted by Crippen LogP contribution is -2.46.